The van der Waals surface area contributed by atoms with Gasteiger partial charge in [0.1, 0.15) is 11.9 Å². The van der Waals surface area contributed by atoms with Crippen LogP contribution in [-0.4, -0.2) is 35.6 Å². The lowest BCUT2D eigenvalue weighted by Crippen LogP contribution is -2.49. The van der Waals surface area contributed by atoms with E-state index in [-0.39, 0.29) is 12.2 Å². The number of hydrogen-bond donors (Lipinski definition) is 3. The number of nitrogens with zero attached hydrogens (tertiary/aromatic N) is 1. The van der Waals surface area contributed by atoms with Gasteiger partial charge in [-0.2, -0.15) is 0 Å². The normalized spacial score (nSPS) is 11.5. The molecule has 1 unspecified atom stereocenters. The van der Waals surface area contributed by atoms with Crippen molar-refractivity contribution >= 4 is 23.6 Å². The molecule has 8 heteroatoms. The Bertz CT molecular complexity index is 550. The Labute approximate surface area is 120 Å². The van der Waals surface area contributed by atoms with Crippen LogP contribution in [0.2, 0.25) is 0 Å². The number of hydrogen-bond acceptors (Lipinski definition) is 3. The number of carboxylic acids is 1. The summed E-state index contributed by atoms with van der Waals surface area (Å²) in [7, 11) is 0. The largest absolute Gasteiger partial charge is 0.480 e. The molecule has 4 N–H and O–H groups in total. The fourth-order valence-corrected chi connectivity index (χ4v) is 1.72. The van der Waals surface area contributed by atoms with Crippen molar-refractivity contribution in [1.82, 2.24) is 5.32 Å². The number of nitrogens with one attached hydrogen (secondary N) is 1. The maximum absolute atomic E-state index is 13.2. The van der Waals surface area contributed by atoms with Gasteiger partial charge in [-0.3, -0.25) is 9.69 Å². The standard InChI is InChI=1S/C13H16FN3O4/c1-2-17(9-5-3-4-8(14)6-9)13(21)16-10(12(19)20)7-11(15)18/h3-6,10H,2,7H2,1H3,(H2,15,18)(H,16,21)(H,19,20). The molecule has 0 spiro atoms. The summed E-state index contributed by atoms with van der Waals surface area (Å²) < 4.78 is 13.2. The topological polar surface area (TPSA) is 113 Å². The van der Waals surface area contributed by atoms with Gasteiger partial charge in [0, 0.05) is 12.2 Å². The quantitative estimate of drug-likeness (QED) is 0.717. The Balaban J connectivity index is 2.88. The summed E-state index contributed by atoms with van der Waals surface area (Å²) in [6.45, 7) is 1.84. The van der Waals surface area contributed by atoms with E-state index in [1.54, 1.807) is 6.92 Å². The van der Waals surface area contributed by atoms with Crippen molar-refractivity contribution in [2.75, 3.05) is 11.4 Å². The van der Waals surface area contributed by atoms with Crippen LogP contribution in [0.3, 0.4) is 0 Å². The molecule has 21 heavy (non-hydrogen) atoms. The van der Waals surface area contributed by atoms with Crippen molar-refractivity contribution < 1.29 is 23.9 Å². The number of urea groups is 1. The Hall–Kier alpha value is -2.64. The van der Waals surface area contributed by atoms with Crippen molar-refractivity contribution in [2.24, 2.45) is 5.73 Å². The number of anilines is 1. The molecule has 0 radical (unpaired) electrons. The van der Waals surface area contributed by atoms with E-state index in [1.807, 2.05) is 0 Å². The molecular formula is C13H16FN3O4. The lowest BCUT2D eigenvalue weighted by atomic mass is 10.2. The molecule has 0 aromatic heterocycles. The Morgan fingerprint density at radius 2 is 2.10 bits per heavy atom. The van der Waals surface area contributed by atoms with Gasteiger partial charge in [-0.25, -0.2) is 14.0 Å². The van der Waals surface area contributed by atoms with E-state index in [1.165, 1.54) is 18.2 Å². The zero-order valence-corrected chi connectivity index (χ0v) is 11.4. The van der Waals surface area contributed by atoms with Crippen LogP contribution < -0.4 is 16.0 Å². The predicted molar refractivity (Wildman–Crippen MR) is 73.2 cm³/mol. The van der Waals surface area contributed by atoms with Gasteiger partial charge in [-0.05, 0) is 25.1 Å². The molecule has 0 heterocycles. The van der Waals surface area contributed by atoms with Crippen LogP contribution in [0.15, 0.2) is 24.3 Å². The van der Waals surface area contributed by atoms with Gasteiger partial charge in [0.25, 0.3) is 0 Å². The van der Waals surface area contributed by atoms with Gasteiger partial charge in [-0.15, -0.1) is 0 Å². The molecule has 1 aromatic rings. The number of carbonyl (C=O) groups excluding carboxylic acids is 2. The fourth-order valence-electron chi connectivity index (χ4n) is 1.72. The number of benzene rings is 1. The summed E-state index contributed by atoms with van der Waals surface area (Å²) in [5.74, 6) is -2.75. The highest BCUT2D eigenvalue weighted by atomic mass is 19.1. The molecule has 0 aliphatic rings. The van der Waals surface area contributed by atoms with Gasteiger partial charge in [0.2, 0.25) is 5.91 Å². The van der Waals surface area contributed by atoms with Crippen molar-refractivity contribution in [1.29, 1.82) is 0 Å². The SMILES string of the molecule is CCN(C(=O)NC(CC(N)=O)C(=O)O)c1cccc(F)c1. The maximum Gasteiger partial charge on any atom is 0.326 e. The summed E-state index contributed by atoms with van der Waals surface area (Å²) in [5.41, 5.74) is 5.21. The predicted octanol–water partition coefficient (Wildman–Crippen LogP) is 0.690. The molecule has 7 nitrogen and oxygen atoms in total. The van der Waals surface area contributed by atoms with Gasteiger partial charge < -0.3 is 16.2 Å². The smallest absolute Gasteiger partial charge is 0.326 e. The van der Waals surface area contributed by atoms with E-state index in [2.05, 4.69) is 5.32 Å². The third-order valence-corrected chi connectivity index (χ3v) is 2.68. The zero-order valence-electron chi connectivity index (χ0n) is 11.4. The average Bonchev–Trinajstić information content (AvgIpc) is 2.38. The van der Waals surface area contributed by atoms with Crippen molar-refractivity contribution in [3.8, 4) is 0 Å². The zero-order chi connectivity index (χ0) is 16.0. The first-order valence-electron chi connectivity index (χ1n) is 6.19. The number of aliphatic carboxylic acids is 1. The number of carboxylic acid groups (broad SMARTS) is 1. The number of amides is 3. The lowest BCUT2D eigenvalue weighted by molar-refractivity contribution is -0.140. The number of rotatable bonds is 6. The van der Waals surface area contributed by atoms with Crippen LogP contribution in [0.1, 0.15) is 13.3 Å². The minimum Gasteiger partial charge on any atom is -0.480 e. The first-order chi connectivity index (χ1) is 9.85. The van der Waals surface area contributed by atoms with Gasteiger partial charge in [0.05, 0.1) is 6.42 Å². The molecule has 3 amide bonds. The fraction of sp³-hybridized carbons (Fsp3) is 0.308. The summed E-state index contributed by atoms with van der Waals surface area (Å²) >= 11 is 0. The minimum absolute atomic E-state index is 0.193. The van der Waals surface area contributed by atoms with Crippen molar-refractivity contribution in [3.63, 3.8) is 0 Å². The Morgan fingerprint density at radius 3 is 2.57 bits per heavy atom. The van der Waals surface area contributed by atoms with Crippen molar-refractivity contribution in [2.45, 2.75) is 19.4 Å². The van der Waals surface area contributed by atoms with Crippen LogP contribution >= 0.6 is 0 Å². The monoisotopic (exact) mass is 297 g/mol. The summed E-state index contributed by atoms with van der Waals surface area (Å²) in [6.07, 6.45) is -0.526. The number of carbonyl (C=O) groups is 3. The van der Waals surface area contributed by atoms with E-state index in [0.29, 0.717) is 0 Å². The molecule has 1 rings (SSSR count). The second kappa shape index (κ2) is 7.22. The van der Waals surface area contributed by atoms with Gasteiger partial charge in [0.15, 0.2) is 0 Å². The van der Waals surface area contributed by atoms with Crippen LogP contribution in [0.4, 0.5) is 14.9 Å². The molecule has 1 aromatic carbocycles. The average molecular weight is 297 g/mol. The molecule has 114 valence electrons. The summed E-state index contributed by atoms with van der Waals surface area (Å²) in [6, 6.07) is 3.12. The number of primary amides is 1. The molecule has 0 saturated carbocycles. The van der Waals surface area contributed by atoms with E-state index in [9.17, 15) is 18.8 Å². The Morgan fingerprint density at radius 1 is 1.43 bits per heavy atom. The van der Waals surface area contributed by atoms with Gasteiger partial charge in [-0.1, -0.05) is 6.07 Å². The third-order valence-electron chi connectivity index (χ3n) is 2.68. The second-order valence-corrected chi connectivity index (χ2v) is 4.23. The third kappa shape index (κ3) is 4.75. The first-order valence-corrected chi connectivity index (χ1v) is 6.19. The number of nitrogens with two attached hydrogens (primary N) is 1. The van der Waals surface area contributed by atoms with Crippen LogP contribution in [0.5, 0.6) is 0 Å². The molecule has 0 aliphatic heterocycles. The first kappa shape index (κ1) is 16.4. The molecule has 0 aliphatic carbocycles. The maximum atomic E-state index is 13.2. The lowest BCUT2D eigenvalue weighted by Gasteiger charge is -2.23. The van der Waals surface area contributed by atoms with E-state index in [0.717, 1.165) is 11.0 Å². The highest BCUT2D eigenvalue weighted by molar-refractivity contribution is 5.95. The van der Waals surface area contributed by atoms with Crippen LogP contribution in [0, 0.1) is 5.82 Å². The summed E-state index contributed by atoms with van der Waals surface area (Å²) in [4.78, 5) is 35.0. The number of halogens is 1. The molecule has 0 saturated heterocycles. The second-order valence-electron chi connectivity index (χ2n) is 4.23. The molecule has 0 fully saturated rings. The van der Waals surface area contributed by atoms with Crippen molar-refractivity contribution in [3.05, 3.63) is 30.1 Å². The molecule has 0 bridgehead atoms. The van der Waals surface area contributed by atoms with Gasteiger partial charge >= 0.3 is 12.0 Å². The molecular weight excluding hydrogens is 281 g/mol. The molecule has 1 atom stereocenters. The minimum atomic E-state index is -1.43. The van der Waals surface area contributed by atoms with Crippen LogP contribution in [-0.2, 0) is 9.59 Å². The van der Waals surface area contributed by atoms with Crippen LogP contribution in [0.25, 0.3) is 0 Å². The Kier molecular flexibility index (Phi) is 5.65. The van der Waals surface area contributed by atoms with E-state index < -0.39 is 36.2 Å². The van der Waals surface area contributed by atoms with E-state index >= 15 is 0 Å². The van der Waals surface area contributed by atoms with E-state index in [4.69, 9.17) is 10.8 Å². The summed E-state index contributed by atoms with van der Waals surface area (Å²) in [5, 5.41) is 11.1. The highest BCUT2D eigenvalue weighted by Crippen LogP contribution is 2.15. The highest BCUT2D eigenvalue weighted by Gasteiger charge is 2.25.